The van der Waals surface area contributed by atoms with Crippen molar-refractivity contribution in [2.45, 2.75) is 18.6 Å². The maximum atomic E-state index is 12.2. The lowest BCUT2D eigenvalue weighted by Gasteiger charge is -2.18. The molecule has 0 bridgehead atoms. The van der Waals surface area contributed by atoms with E-state index in [0.717, 1.165) is 12.2 Å². The second-order valence-corrected chi connectivity index (χ2v) is 5.34. The Morgan fingerprint density at radius 2 is 2.20 bits per heavy atom. The predicted molar refractivity (Wildman–Crippen MR) is 74.7 cm³/mol. The molecule has 0 aliphatic carbocycles. The summed E-state index contributed by atoms with van der Waals surface area (Å²) in [6.07, 6.45) is 0.888. The minimum atomic E-state index is -0.108. The molecule has 5 heteroatoms. The van der Waals surface area contributed by atoms with Crippen LogP contribution in [0.5, 0.6) is 5.75 Å². The molecule has 2 aliphatic rings. The Morgan fingerprint density at radius 3 is 3.00 bits per heavy atom. The minimum absolute atomic E-state index is 0.0340. The van der Waals surface area contributed by atoms with Gasteiger partial charge in [0.1, 0.15) is 11.9 Å². The quantitative estimate of drug-likeness (QED) is 0.832. The van der Waals surface area contributed by atoms with Crippen molar-refractivity contribution in [3.63, 3.8) is 0 Å². The first-order valence-corrected chi connectivity index (χ1v) is 7.05. The molecule has 2 heterocycles. The van der Waals surface area contributed by atoms with E-state index >= 15 is 0 Å². The zero-order valence-electron chi connectivity index (χ0n) is 11.6. The average molecular weight is 276 g/mol. The zero-order valence-corrected chi connectivity index (χ0v) is 11.6. The van der Waals surface area contributed by atoms with E-state index in [-0.39, 0.29) is 24.0 Å². The van der Waals surface area contributed by atoms with Crippen molar-refractivity contribution in [3.8, 4) is 5.75 Å². The summed E-state index contributed by atoms with van der Waals surface area (Å²) in [7, 11) is 1.86. The predicted octanol–water partition coefficient (Wildman–Crippen LogP) is 0.341. The lowest BCUT2D eigenvalue weighted by molar-refractivity contribution is -0.125. The highest BCUT2D eigenvalue weighted by Crippen LogP contribution is 2.27. The summed E-state index contributed by atoms with van der Waals surface area (Å²) in [5, 5.41) is 6.10. The van der Waals surface area contributed by atoms with Gasteiger partial charge in [-0.05, 0) is 18.7 Å². The topological polar surface area (TPSA) is 59.6 Å². The van der Waals surface area contributed by atoms with Gasteiger partial charge in [-0.1, -0.05) is 18.2 Å². The maximum absolute atomic E-state index is 12.2. The van der Waals surface area contributed by atoms with Gasteiger partial charge >= 0.3 is 0 Å². The fraction of sp³-hybridized carbons (Fsp3) is 0.533. The third kappa shape index (κ3) is 2.64. The number of carbonyl (C=O) groups is 1. The van der Waals surface area contributed by atoms with Gasteiger partial charge in [0.15, 0.2) is 0 Å². The number of rotatable bonds is 4. The summed E-state index contributed by atoms with van der Waals surface area (Å²) in [4.78, 5) is 12.2. The Hall–Kier alpha value is -1.59. The summed E-state index contributed by atoms with van der Waals surface area (Å²) < 4.78 is 11.2. The van der Waals surface area contributed by atoms with E-state index in [1.54, 1.807) is 0 Å². The van der Waals surface area contributed by atoms with E-state index in [0.29, 0.717) is 19.8 Å². The molecule has 2 N–H and O–H groups in total. The zero-order chi connectivity index (χ0) is 13.9. The summed E-state index contributed by atoms with van der Waals surface area (Å²) in [6, 6.07) is 8.12. The minimum Gasteiger partial charge on any atom is -0.488 e. The van der Waals surface area contributed by atoms with Crippen molar-refractivity contribution in [1.29, 1.82) is 0 Å². The monoisotopic (exact) mass is 276 g/mol. The standard InChI is InChI=1S/C15H20N2O3/c1-16-13-9-19-8-12(13)15(18)17-7-11-6-10-4-2-3-5-14(10)20-11/h2-5,11-13,16H,6-9H2,1H3,(H,17,18). The van der Waals surface area contributed by atoms with Crippen LogP contribution in [-0.2, 0) is 16.0 Å². The van der Waals surface area contributed by atoms with E-state index in [4.69, 9.17) is 9.47 Å². The second kappa shape index (κ2) is 5.81. The molecule has 0 saturated carbocycles. The first kappa shape index (κ1) is 13.4. The molecule has 1 saturated heterocycles. The number of nitrogens with one attached hydrogen (secondary N) is 2. The molecule has 3 rings (SSSR count). The Balaban J connectivity index is 1.50. The van der Waals surface area contributed by atoms with Crippen LogP contribution >= 0.6 is 0 Å². The average Bonchev–Trinajstić information content (AvgIpc) is 3.10. The van der Waals surface area contributed by atoms with Gasteiger partial charge in [-0.2, -0.15) is 0 Å². The van der Waals surface area contributed by atoms with Crippen LogP contribution in [0.15, 0.2) is 24.3 Å². The van der Waals surface area contributed by atoms with Gasteiger partial charge < -0.3 is 20.1 Å². The maximum Gasteiger partial charge on any atom is 0.227 e. The van der Waals surface area contributed by atoms with Crippen LogP contribution in [0.3, 0.4) is 0 Å². The summed E-state index contributed by atoms with van der Waals surface area (Å²) in [5.41, 5.74) is 1.21. The Kier molecular flexibility index (Phi) is 3.89. The Bertz CT molecular complexity index is 467. The largest absolute Gasteiger partial charge is 0.488 e. The van der Waals surface area contributed by atoms with Crippen molar-refractivity contribution in [2.75, 3.05) is 26.8 Å². The van der Waals surface area contributed by atoms with Crippen LogP contribution in [-0.4, -0.2) is 44.9 Å². The number of ether oxygens (including phenoxy) is 2. The van der Waals surface area contributed by atoms with Crippen molar-refractivity contribution in [2.24, 2.45) is 5.92 Å². The molecule has 1 aromatic carbocycles. The third-order valence-electron chi connectivity index (χ3n) is 4.01. The molecule has 20 heavy (non-hydrogen) atoms. The summed E-state index contributed by atoms with van der Waals surface area (Å²) >= 11 is 0. The van der Waals surface area contributed by atoms with Gasteiger partial charge in [-0.25, -0.2) is 0 Å². The van der Waals surface area contributed by atoms with Gasteiger partial charge in [0.25, 0.3) is 0 Å². The lowest BCUT2D eigenvalue weighted by Crippen LogP contribution is -2.45. The van der Waals surface area contributed by atoms with Crippen molar-refractivity contribution in [3.05, 3.63) is 29.8 Å². The van der Waals surface area contributed by atoms with E-state index in [2.05, 4.69) is 16.7 Å². The molecule has 0 aromatic heterocycles. The summed E-state index contributed by atoms with van der Waals surface area (Å²) in [6.45, 7) is 1.63. The van der Waals surface area contributed by atoms with E-state index < -0.39 is 0 Å². The number of hydrogen-bond acceptors (Lipinski definition) is 4. The molecule has 3 atom stereocenters. The van der Waals surface area contributed by atoms with Gasteiger partial charge in [0.05, 0.1) is 25.7 Å². The first-order valence-electron chi connectivity index (χ1n) is 7.05. The number of carbonyl (C=O) groups excluding carboxylic acids is 1. The summed E-state index contributed by atoms with van der Waals surface area (Å²) in [5.74, 6) is 0.870. The SMILES string of the molecule is CNC1COCC1C(=O)NCC1Cc2ccccc2O1. The molecule has 1 aromatic rings. The third-order valence-corrected chi connectivity index (χ3v) is 4.01. The van der Waals surface area contributed by atoms with Crippen LogP contribution in [0.25, 0.3) is 0 Å². The van der Waals surface area contributed by atoms with Gasteiger partial charge in [0, 0.05) is 12.5 Å². The number of fused-ring (bicyclic) bond motifs is 1. The van der Waals surface area contributed by atoms with Crippen molar-refractivity contribution < 1.29 is 14.3 Å². The van der Waals surface area contributed by atoms with Crippen LogP contribution < -0.4 is 15.4 Å². The van der Waals surface area contributed by atoms with Gasteiger partial charge in [-0.15, -0.1) is 0 Å². The van der Waals surface area contributed by atoms with Crippen LogP contribution in [0.2, 0.25) is 0 Å². The molecule has 1 fully saturated rings. The fourth-order valence-electron chi connectivity index (χ4n) is 2.81. The highest BCUT2D eigenvalue weighted by atomic mass is 16.5. The highest BCUT2D eigenvalue weighted by Gasteiger charge is 2.33. The fourth-order valence-corrected chi connectivity index (χ4v) is 2.81. The first-order chi connectivity index (χ1) is 9.78. The van der Waals surface area contributed by atoms with Crippen molar-refractivity contribution >= 4 is 5.91 Å². The number of benzene rings is 1. The number of hydrogen-bond donors (Lipinski definition) is 2. The molecule has 0 spiro atoms. The van der Waals surface area contributed by atoms with Gasteiger partial charge in [0.2, 0.25) is 5.91 Å². The number of para-hydroxylation sites is 1. The number of amides is 1. The van der Waals surface area contributed by atoms with E-state index in [1.807, 2.05) is 25.2 Å². The van der Waals surface area contributed by atoms with Crippen LogP contribution in [0.4, 0.5) is 0 Å². The Morgan fingerprint density at radius 1 is 1.35 bits per heavy atom. The smallest absolute Gasteiger partial charge is 0.227 e. The molecule has 2 aliphatic heterocycles. The molecule has 5 nitrogen and oxygen atoms in total. The van der Waals surface area contributed by atoms with E-state index in [1.165, 1.54) is 5.56 Å². The molecule has 108 valence electrons. The molecule has 1 amide bonds. The molecule has 3 unspecified atom stereocenters. The van der Waals surface area contributed by atoms with Crippen LogP contribution in [0, 0.1) is 5.92 Å². The van der Waals surface area contributed by atoms with E-state index in [9.17, 15) is 4.79 Å². The lowest BCUT2D eigenvalue weighted by atomic mass is 10.0. The van der Waals surface area contributed by atoms with Gasteiger partial charge in [-0.3, -0.25) is 4.79 Å². The molecular weight excluding hydrogens is 256 g/mol. The normalized spacial score (nSPS) is 27.9. The highest BCUT2D eigenvalue weighted by molar-refractivity contribution is 5.79. The van der Waals surface area contributed by atoms with Crippen molar-refractivity contribution in [1.82, 2.24) is 10.6 Å². The van der Waals surface area contributed by atoms with Crippen LogP contribution in [0.1, 0.15) is 5.56 Å². The molecular formula is C15H20N2O3. The Labute approximate surface area is 118 Å². The number of likely N-dealkylation sites (N-methyl/N-ethyl adjacent to an activating group) is 1. The second-order valence-electron chi connectivity index (χ2n) is 5.34. The molecule has 0 radical (unpaired) electrons.